The van der Waals surface area contributed by atoms with Gasteiger partial charge in [-0.1, -0.05) is 28.1 Å². The second-order valence-electron chi connectivity index (χ2n) is 4.72. The zero-order valence-electron chi connectivity index (χ0n) is 12.1. The lowest BCUT2D eigenvalue weighted by atomic mass is 9.95. The van der Waals surface area contributed by atoms with Crippen LogP contribution in [0.2, 0.25) is 0 Å². The molecular formula is C15H17BrN2O2S. The maximum Gasteiger partial charge on any atom is 0.338 e. The Bertz CT molecular complexity index is 615. The predicted octanol–water partition coefficient (Wildman–Crippen LogP) is 3.15. The molecule has 2 rings (SSSR count). The number of hydrogen-bond donors (Lipinski definition) is 1. The predicted molar refractivity (Wildman–Crippen MR) is 89.7 cm³/mol. The van der Waals surface area contributed by atoms with Gasteiger partial charge in [-0.3, -0.25) is 0 Å². The molecule has 1 N–H and O–H groups in total. The van der Waals surface area contributed by atoms with Gasteiger partial charge in [-0.15, -0.1) is 0 Å². The summed E-state index contributed by atoms with van der Waals surface area (Å²) in [5, 5.41) is 3.80. The minimum Gasteiger partial charge on any atom is -0.463 e. The number of nitrogens with zero attached hydrogens (tertiary/aromatic N) is 1. The van der Waals surface area contributed by atoms with Crippen LogP contribution in [0.15, 0.2) is 40.0 Å². The second-order valence-corrected chi connectivity index (χ2v) is 6.02. The SMILES string of the molecule is CCOC(=O)C1=C(C)N(C)C(=S)N[C@@H]1c1cccc(Br)c1. The molecule has 0 spiro atoms. The molecule has 0 bridgehead atoms. The molecule has 0 saturated heterocycles. The third-order valence-corrected chi connectivity index (χ3v) is 4.32. The number of hydrogen-bond acceptors (Lipinski definition) is 3. The summed E-state index contributed by atoms with van der Waals surface area (Å²) in [5.41, 5.74) is 2.36. The van der Waals surface area contributed by atoms with Gasteiger partial charge >= 0.3 is 5.97 Å². The summed E-state index contributed by atoms with van der Waals surface area (Å²) in [6, 6.07) is 7.50. The summed E-state index contributed by atoms with van der Waals surface area (Å²) in [6.45, 7) is 4.02. The van der Waals surface area contributed by atoms with E-state index in [-0.39, 0.29) is 12.0 Å². The third-order valence-electron chi connectivity index (χ3n) is 3.43. The summed E-state index contributed by atoms with van der Waals surface area (Å²) in [7, 11) is 1.83. The average Bonchev–Trinajstić information content (AvgIpc) is 2.44. The molecular weight excluding hydrogens is 352 g/mol. The Morgan fingerprint density at radius 3 is 2.86 bits per heavy atom. The van der Waals surface area contributed by atoms with Gasteiger partial charge in [0.05, 0.1) is 18.2 Å². The third kappa shape index (κ3) is 3.27. The van der Waals surface area contributed by atoms with Crippen molar-refractivity contribution in [2.75, 3.05) is 13.7 Å². The zero-order chi connectivity index (χ0) is 15.6. The Labute approximate surface area is 138 Å². The van der Waals surface area contributed by atoms with Crippen LogP contribution in [0, 0.1) is 0 Å². The molecule has 1 heterocycles. The van der Waals surface area contributed by atoms with Crippen molar-refractivity contribution in [3.8, 4) is 0 Å². The molecule has 1 atom stereocenters. The van der Waals surface area contributed by atoms with Crippen LogP contribution in [0.1, 0.15) is 25.5 Å². The highest BCUT2D eigenvalue weighted by atomic mass is 79.9. The van der Waals surface area contributed by atoms with Crippen molar-refractivity contribution in [3.63, 3.8) is 0 Å². The molecule has 1 aromatic rings. The van der Waals surface area contributed by atoms with E-state index in [2.05, 4.69) is 21.2 Å². The molecule has 0 aromatic heterocycles. The van der Waals surface area contributed by atoms with Crippen LogP contribution >= 0.6 is 28.1 Å². The highest BCUT2D eigenvalue weighted by Crippen LogP contribution is 2.31. The van der Waals surface area contributed by atoms with Crippen molar-refractivity contribution in [2.45, 2.75) is 19.9 Å². The first-order valence-corrected chi connectivity index (χ1v) is 7.83. The van der Waals surface area contributed by atoms with E-state index in [0.717, 1.165) is 15.7 Å². The number of rotatable bonds is 3. The quantitative estimate of drug-likeness (QED) is 0.655. The number of allylic oxidation sites excluding steroid dienone is 1. The molecule has 0 amide bonds. The number of esters is 1. The van der Waals surface area contributed by atoms with E-state index < -0.39 is 0 Å². The van der Waals surface area contributed by atoms with Gasteiger partial charge in [-0.2, -0.15) is 0 Å². The molecule has 1 aliphatic rings. The molecule has 1 aliphatic heterocycles. The Hall–Kier alpha value is -1.40. The number of thiocarbonyl (C=S) groups is 1. The molecule has 0 saturated carbocycles. The van der Waals surface area contributed by atoms with E-state index in [1.165, 1.54) is 0 Å². The molecule has 1 aromatic carbocycles. The lowest BCUT2D eigenvalue weighted by Gasteiger charge is -2.35. The Balaban J connectivity index is 2.51. The molecule has 0 unspecified atom stereocenters. The summed E-state index contributed by atoms with van der Waals surface area (Å²) in [4.78, 5) is 14.1. The van der Waals surface area contributed by atoms with E-state index in [1.54, 1.807) is 11.8 Å². The van der Waals surface area contributed by atoms with Crippen molar-refractivity contribution in [3.05, 3.63) is 45.6 Å². The maximum absolute atomic E-state index is 12.3. The lowest BCUT2D eigenvalue weighted by molar-refractivity contribution is -0.139. The summed E-state index contributed by atoms with van der Waals surface area (Å²) in [5.74, 6) is -0.318. The van der Waals surface area contributed by atoms with Gasteiger partial charge in [0, 0.05) is 17.2 Å². The molecule has 6 heteroatoms. The molecule has 4 nitrogen and oxygen atoms in total. The van der Waals surface area contributed by atoms with E-state index in [4.69, 9.17) is 17.0 Å². The van der Waals surface area contributed by atoms with Crippen LogP contribution in [0.5, 0.6) is 0 Å². The minimum absolute atomic E-state index is 0.301. The van der Waals surface area contributed by atoms with Gasteiger partial charge in [0.15, 0.2) is 5.11 Å². The number of benzene rings is 1. The normalized spacial score (nSPS) is 18.6. The molecule has 0 aliphatic carbocycles. The lowest BCUT2D eigenvalue weighted by Crippen LogP contribution is -2.46. The standard InChI is InChI=1S/C15H17BrN2O2S/c1-4-20-14(19)12-9(2)18(3)15(21)17-13(12)10-6-5-7-11(16)8-10/h5-8,13H,4H2,1-3H3,(H,17,21)/t13-/m1/s1. The van der Waals surface area contributed by atoms with Crippen LogP contribution in [-0.4, -0.2) is 29.6 Å². The molecule has 0 fully saturated rings. The molecule has 0 radical (unpaired) electrons. The second kappa shape index (κ2) is 6.58. The van der Waals surface area contributed by atoms with Gasteiger partial charge in [-0.05, 0) is 43.8 Å². The fourth-order valence-electron chi connectivity index (χ4n) is 2.24. The first-order chi connectivity index (χ1) is 9.95. The van der Waals surface area contributed by atoms with E-state index >= 15 is 0 Å². The fraction of sp³-hybridized carbons (Fsp3) is 0.333. The van der Waals surface area contributed by atoms with Gasteiger partial charge in [0.25, 0.3) is 0 Å². The van der Waals surface area contributed by atoms with Crippen LogP contribution in [-0.2, 0) is 9.53 Å². The number of halogens is 1. The fourth-order valence-corrected chi connectivity index (χ4v) is 2.92. The number of carbonyl (C=O) groups excluding carboxylic acids is 1. The van der Waals surface area contributed by atoms with Gasteiger partial charge in [0.2, 0.25) is 0 Å². The van der Waals surface area contributed by atoms with Crippen LogP contribution in [0.4, 0.5) is 0 Å². The topological polar surface area (TPSA) is 41.6 Å². The van der Waals surface area contributed by atoms with Gasteiger partial charge in [-0.25, -0.2) is 4.79 Å². The van der Waals surface area contributed by atoms with E-state index in [0.29, 0.717) is 17.3 Å². The van der Waals surface area contributed by atoms with Crippen LogP contribution in [0.25, 0.3) is 0 Å². The van der Waals surface area contributed by atoms with E-state index in [9.17, 15) is 4.79 Å². The zero-order valence-corrected chi connectivity index (χ0v) is 14.5. The van der Waals surface area contributed by atoms with Crippen LogP contribution in [0.3, 0.4) is 0 Å². The maximum atomic E-state index is 12.3. The average molecular weight is 369 g/mol. The first kappa shape index (κ1) is 16.0. The molecule has 21 heavy (non-hydrogen) atoms. The smallest absolute Gasteiger partial charge is 0.338 e. The van der Waals surface area contributed by atoms with Crippen molar-refractivity contribution in [2.24, 2.45) is 0 Å². The highest BCUT2D eigenvalue weighted by molar-refractivity contribution is 9.10. The number of nitrogens with one attached hydrogen (secondary N) is 1. The number of carbonyl (C=O) groups is 1. The Morgan fingerprint density at radius 1 is 1.52 bits per heavy atom. The first-order valence-electron chi connectivity index (χ1n) is 6.63. The van der Waals surface area contributed by atoms with Crippen molar-refractivity contribution >= 4 is 39.2 Å². The summed E-state index contributed by atoms with van der Waals surface area (Å²) < 4.78 is 6.15. The minimum atomic E-state index is -0.318. The monoisotopic (exact) mass is 368 g/mol. The largest absolute Gasteiger partial charge is 0.463 e. The van der Waals surface area contributed by atoms with Crippen molar-refractivity contribution in [1.82, 2.24) is 10.2 Å². The van der Waals surface area contributed by atoms with E-state index in [1.807, 2.05) is 38.2 Å². The number of ether oxygens (including phenoxy) is 1. The van der Waals surface area contributed by atoms with Crippen molar-refractivity contribution in [1.29, 1.82) is 0 Å². The molecule has 112 valence electrons. The van der Waals surface area contributed by atoms with Gasteiger partial charge < -0.3 is 15.0 Å². The Morgan fingerprint density at radius 2 is 2.24 bits per heavy atom. The van der Waals surface area contributed by atoms with Crippen LogP contribution < -0.4 is 5.32 Å². The summed E-state index contributed by atoms with van der Waals surface area (Å²) in [6.07, 6.45) is 0. The van der Waals surface area contributed by atoms with Crippen molar-refractivity contribution < 1.29 is 9.53 Å². The highest BCUT2D eigenvalue weighted by Gasteiger charge is 2.33. The van der Waals surface area contributed by atoms with Gasteiger partial charge in [0.1, 0.15) is 0 Å². The summed E-state index contributed by atoms with van der Waals surface area (Å²) >= 11 is 8.79. The Kier molecular flexibility index (Phi) is 5.00.